The van der Waals surface area contributed by atoms with E-state index in [-0.39, 0.29) is 11.3 Å². The largest absolute Gasteiger partial charge is 0.478 e. The number of carboxylic acids is 1. The highest BCUT2D eigenvalue weighted by Crippen LogP contribution is 2.16. The molecule has 0 atom stereocenters. The number of rotatable bonds is 2. The molecule has 5 nitrogen and oxygen atoms in total. The van der Waals surface area contributed by atoms with Gasteiger partial charge in [-0.15, -0.1) is 6.42 Å². The molecule has 0 saturated heterocycles. The number of amides is 1. The molecule has 0 aliphatic carbocycles. The van der Waals surface area contributed by atoms with Gasteiger partial charge in [-0.1, -0.05) is 5.92 Å². The van der Waals surface area contributed by atoms with E-state index in [1.54, 1.807) is 20.8 Å². The van der Waals surface area contributed by atoms with E-state index in [9.17, 15) is 9.59 Å². The number of benzene rings is 1. The fourth-order valence-electron chi connectivity index (χ4n) is 1.33. The number of terminal acetylenes is 1. The number of carboxylic acid groups (broad SMARTS) is 1. The first kappa shape index (κ1) is 14.6. The van der Waals surface area contributed by atoms with Crippen molar-refractivity contribution >= 4 is 17.7 Å². The van der Waals surface area contributed by atoms with Crippen LogP contribution in [0.1, 0.15) is 36.7 Å². The molecule has 1 aromatic carbocycles. The number of hydrogen-bond donors (Lipinski definition) is 2. The van der Waals surface area contributed by atoms with Crippen molar-refractivity contribution in [1.29, 1.82) is 0 Å². The van der Waals surface area contributed by atoms with Crippen LogP contribution < -0.4 is 5.32 Å². The van der Waals surface area contributed by atoms with Crippen molar-refractivity contribution in [2.75, 3.05) is 5.32 Å². The summed E-state index contributed by atoms with van der Waals surface area (Å²) in [5.41, 5.74) is 0.0123. The second kappa shape index (κ2) is 5.44. The summed E-state index contributed by atoms with van der Waals surface area (Å²) in [6, 6.07) is 4.16. The van der Waals surface area contributed by atoms with Crippen LogP contribution in [-0.4, -0.2) is 22.8 Å². The van der Waals surface area contributed by atoms with Gasteiger partial charge in [0.15, 0.2) is 0 Å². The minimum atomic E-state index is -1.12. The van der Waals surface area contributed by atoms with E-state index in [2.05, 4.69) is 11.2 Å². The van der Waals surface area contributed by atoms with Gasteiger partial charge in [0.05, 0.1) is 5.56 Å². The zero-order valence-corrected chi connectivity index (χ0v) is 11.0. The fraction of sp³-hybridized carbons (Fsp3) is 0.286. The predicted molar refractivity (Wildman–Crippen MR) is 71.2 cm³/mol. The zero-order valence-electron chi connectivity index (χ0n) is 11.0. The van der Waals surface area contributed by atoms with Crippen LogP contribution in [0.15, 0.2) is 18.2 Å². The van der Waals surface area contributed by atoms with Gasteiger partial charge >= 0.3 is 12.1 Å². The molecule has 1 amide bonds. The third-order valence-electron chi connectivity index (χ3n) is 1.99. The summed E-state index contributed by atoms with van der Waals surface area (Å²) in [5, 5.41) is 11.4. The van der Waals surface area contributed by atoms with Crippen LogP contribution >= 0.6 is 0 Å². The van der Waals surface area contributed by atoms with Crippen LogP contribution in [0.2, 0.25) is 0 Å². The van der Waals surface area contributed by atoms with Crippen LogP contribution in [0.5, 0.6) is 0 Å². The molecule has 0 spiro atoms. The van der Waals surface area contributed by atoms with E-state index >= 15 is 0 Å². The number of carbonyl (C=O) groups is 2. The maximum atomic E-state index is 11.6. The predicted octanol–water partition coefficient (Wildman–Crippen LogP) is 2.71. The second-order valence-corrected chi connectivity index (χ2v) is 4.88. The van der Waals surface area contributed by atoms with Crippen molar-refractivity contribution in [3.8, 4) is 12.3 Å². The monoisotopic (exact) mass is 261 g/mol. The molecule has 0 saturated carbocycles. The molecule has 0 aliphatic rings. The SMILES string of the molecule is C#Cc1cc(NC(=O)OC(C)(C)C)cc(C(=O)O)c1. The smallest absolute Gasteiger partial charge is 0.412 e. The van der Waals surface area contributed by atoms with E-state index in [1.165, 1.54) is 18.2 Å². The van der Waals surface area contributed by atoms with Crippen molar-refractivity contribution in [2.45, 2.75) is 26.4 Å². The van der Waals surface area contributed by atoms with E-state index < -0.39 is 17.7 Å². The lowest BCUT2D eigenvalue weighted by Gasteiger charge is -2.19. The molecule has 0 aliphatic heterocycles. The van der Waals surface area contributed by atoms with Gasteiger partial charge in [0.2, 0.25) is 0 Å². The minimum absolute atomic E-state index is 0.00140. The Kier molecular flexibility index (Phi) is 4.18. The maximum absolute atomic E-state index is 11.6. The third-order valence-corrected chi connectivity index (χ3v) is 1.99. The lowest BCUT2D eigenvalue weighted by atomic mass is 10.1. The number of anilines is 1. The summed E-state index contributed by atoms with van der Waals surface area (Å²) in [6.07, 6.45) is 4.56. The number of carbonyl (C=O) groups excluding carboxylic acids is 1. The molecule has 1 aromatic rings. The first-order chi connectivity index (χ1) is 8.71. The van der Waals surface area contributed by atoms with E-state index in [0.717, 1.165) is 0 Å². The molecule has 0 aromatic heterocycles. The first-order valence-corrected chi connectivity index (χ1v) is 5.56. The van der Waals surface area contributed by atoms with Gasteiger partial charge in [0.25, 0.3) is 0 Å². The molecular formula is C14H15NO4. The molecule has 0 bridgehead atoms. The highest BCUT2D eigenvalue weighted by molar-refractivity contribution is 5.92. The molecule has 0 heterocycles. The summed E-state index contributed by atoms with van der Waals surface area (Å²) in [6.45, 7) is 5.19. The molecule has 0 fully saturated rings. The van der Waals surface area contributed by atoms with Crippen molar-refractivity contribution in [2.24, 2.45) is 0 Å². The first-order valence-electron chi connectivity index (χ1n) is 5.56. The number of nitrogens with one attached hydrogen (secondary N) is 1. The van der Waals surface area contributed by atoms with Crippen LogP contribution in [0, 0.1) is 12.3 Å². The van der Waals surface area contributed by atoms with Gasteiger partial charge in [-0.3, -0.25) is 5.32 Å². The van der Waals surface area contributed by atoms with Crippen molar-refractivity contribution in [3.63, 3.8) is 0 Å². The normalized spacial score (nSPS) is 10.4. The van der Waals surface area contributed by atoms with Gasteiger partial charge in [-0.25, -0.2) is 9.59 Å². The Morgan fingerprint density at radius 1 is 1.32 bits per heavy atom. The molecule has 0 radical (unpaired) electrons. The van der Waals surface area contributed by atoms with Gasteiger partial charge in [-0.05, 0) is 39.0 Å². The minimum Gasteiger partial charge on any atom is -0.478 e. The topological polar surface area (TPSA) is 75.6 Å². The van der Waals surface area contributed by atoms with Crippen molar-refractivity contribution in [1.82, 2.24) is 0 Å². The Balaban J connectivity index is 2.96. The Bertz CT molecular complexity index is 550. The quantitative estimate of drug-likeness (QED) is 0.802. The van der Waals surface area contributed by atoms with Gasteiger partial charge in [-0.2, -0.15) is 0 Å². The molecule has 2 N–H and O–H groups in total. The van der Waals surface area contributed by atoms with Crippen molar-refractivity contribution in [3.05, 3.63) is 29.3 Å². The highest BCUT2D eigenvalue weighted by Gasteiger charge is 2.17. The molecule has 0 unspecified atom stereocenters. The standard InChI is InChI=1S/C14H15NO4/c1-5-9-6-10(12(16)17)8-11(7-9)15-13(18)19-14(2,3)4/h1,6-8H,2-4H3,(H,15,18)(H,16,17). The van der Waals surface area contributed by atoms with Crippen LogP contribution in [-0.2, 0) is 4.74 Å². The molecule has 19 heavy (non-hydrogen) atoms. The lowest BCUT2D eigenvalue weighted by molar-refractivity contribution is 0.0633. The summed E-state index contributed by atoms with van der Waals surface area (Å²) >= 11 is 0. The van der Waals surface area contributed by atoms with Crippen LogP contribution in [0.25, 0.3) is 0 Å². The zero-order chi connectivity index (χ0) is 14.6. The molecule has 1 rings (SSSR count). The second-order valence-electron chi connectivity index (χ2n) is 4.88. The summed E-state index contributed by atoms with van der Waals surface area (Å²) in [4.78, 5) is 22.5. The maximum Gasteiger partial charge on any atom is 0.412 e. The number of aromatic carboxylic acids is 1. The van der Waals surface area contributed by atoms with Gasteiger partial charge in [0, 0.05) is 11.3 Å². The van der Waals surface area contributed by atoms with Gasteiger partial charge in [0.1, 0.15) is 5.60 Å². The van der Waals surface area contributed by atoms with E-state index in [4.69, 9.17) is 16.3 Å². The molecule has 5 heteroatoms. The average molecular weight is 261 g/mol. The number of ether oxygens (including phenoxy) is 1. The summed E-state index contributed by atoms with van der Waals surface area (Å²) in [5.74, 6) is 1.21. The van der Waals surface area contributed by atoms with Crippen LogP contribution in [0.3, 0.4) is 0 Å². The Morgan fingerprint density at radius 3 is 2.42 bits per heavy atom. The fourth-order valence-corrected chi connectivity index (χ4v) is 1.33. The summed E-state index contributed by atoms with van der Waals surface area (Å²) in [7, 11) is 0. The van der Waals surface area contributed by atoms with Crippen molar-refractivity contribution < 1.29 is 19.4 Å². The Hall–Kier alpha value is -2.48. The number of hydrogen-bond acceptors (Lipinski definition) is 3. The molecular weight excluding hydrogens is 246 g/mol. The van der Waals surface area contributed by atoms with Gasteiger partial charge < -0.3 is 9.84 Å². The summed E-state index contributed by atoms with van der Waals surface area (Å²) < 4.78 is 5.07. The average Bonchev–Trinajstić information content (AvgIpc) is 2.25. The Morgan fingerprint density at radius 2 is 1.95 bits per heavy atom. The Labute approximate surface area is 111 Å². The highest BCUT2D eigenvalue weighted by atomic mass is 16.6. The van der Waals surface area contributed by atoms with Crippen LogP contribution in [0.4, 0.5) is 10.5 Å². The lowest BCUT2D eigenvalue weighted by Crippen LogP contribution is -2.27. The molecule has 100 valence electrons. The van der Waals surface area contributed by atoms with E-state index in [1.807, 2.05) is 0 Å². The van der Waals surface area contributed by atoms with E-state index in [0.29, 0.717) is 5.56 Å². The third kappa shape index (κ3) is 4.72.